The first kappa shape index (κ1) is 19.8. The van der Waals surface area contributed by atoms with Crippen LogP contribution in [0.2, 0.25) is 0 Å². The number of aromatic nitrogens is 4. The van der Waals surface area contributed by atoms with Crippen molar-refractivity contribution in [1.29, 1.82) is 0 Å². The largest absolute Gasteiger partial charge is 0.445 e. The molecule has 0 atom stereocenters. The number of hydrogen-bond donors (Lipinski definition) is 1. The normalized spacial score (nSPS) is 12.7. The number of hydrogen-bond acceptors (Lipinski definition) is 5. The summed E-state index contributed by atoms with van der Waals surface area (Å²) in [6, 6.07) is 5.09. The summed E-state index contributed by atoms with van der Waals surface area (Å²) in [6.07, 6.45) is 0.263. The Morgan fingerprint density at radius 2 is 2.08 bits per heavy atom. The van der Waals surface area contributed by atoms with Crippen LogP contribution in [0.5, 0.6) is 0 Å². The van der Waals surface area contributed by atoms with Gasteiger partial charge in [0.15, 0.2) is 0 Å². The number of nitrogens with zero attached hydrogens (tertiary/aromatic N) is 4. The Balaban J connectivity index is 2.38. The number of carbonyl (C=O) groups is 1. The van der Waals surface area contributed by atoms with E-state index in [0.717, 1.165) is 4.68 Å². The molecule has 2 N–H and O–H groups in total. The van der Waals surface area contributed by atoms with Gasteiger partial charge in [-0.3, -0.25) is 0 Å². The molecule has 10 heteroatoms. The Kier molecular flexibility index (Phi) is 5.96. The molecule has 0 aromatic carbocycles. The molecule has 0 bridgehead atoms. The van der Waals surface area contributed by atoms with Crippen LogP contribution in [0.15, 0.2) is 45.3 Å². The highest BCUT2D eigenvalue weighted by molar-refractivity contribution is 9.10. The molecule has 0 aliphatic carbocycles. The van der Waals surface area contributed by atoms with Gasteiger partial charge in [0.2, 0.25) is 0 Å². The minimum Gasteiger partial charge on any atom is -0.445 e. The summed E-state index contributed by atoms with van der Waals surface area (Å²) in [4.78, 5) is 27.6. The average Bonchev–Trinajstić information content (AvgIpc) is 2.90. The second kappa shape index (κ2) is 7.81. The fraction of sp³-hybridized carbons (Fsp3) is 0.375. The summed E-state index contributed by atoms with van der Waals surface area (Å²) in [5, 5.41) is 3.99. The van der Waals surface area contributed by atoms with E-state index < -0.39 is 23.0 Å². The minimum absolute atomic E-state index is 0.103. The zero-order valence-corrected chi connectivity index (χ0v) is 16.2. The van der Waals surface area contributed by atoms with Gasteiger partial charge in [0.05, 0.1) is 6.54 Å². The van der Waals surface area contributed by atoms with E-state index in [0.29, 0.717) is 10.4 Å². The molecule has 140 valence electrons. The number of rotatable bonds is 5. The molecule has 0 unspecified atom stereocenters. The van der Waals surface area contributed by atoms with Crippen molar-refractivity contribution in [1.82, 2.24) is 19.3 Å². The predicted molar refractivity (Wildman–Crippen MR) is 96.4 cm³/mol. The van der Waals surface area contributed by atoms with E-state index in [1.807, 2.05) is 0 Å². The van der Waals surface area contributed by atoms with E-state index in [2.05, 4.69) is 26.0 Å². The summed E-state index contributed by atoms with van der Waals surface area (Å²) in [7, 11) is 0. The number of halogens is 2. The van der Waals surface area contributed by atoms with Crippen LogP contribution >= 0.6 is 15.9 Å². The molecule has 0 fully saturated rings. The van der Waals surface area contributed by atoms with Crippen LogP contribution in [-0.4, -0.2) is 32.0 Å². The van der Waals surface area contributed by atoms with Crippen LogP contribution in [0.1, 0.15) is 20.8 Å². The van der Waals surface area contributed by atoms with Crippen LogP contribution in [0.25, 0.3) is 5.82 Å². The molecule has 2 aromatic heterocycles. The van der Waals surface area contributed by atoms with E-state index >= 15 is 0 Å². The average molecular weight is 428 g/mol. The SMILES string of the molecule is CC(C)(C)/C(F)=C(\COC(N)=O)Cn1ncn(-c2cccc(Br)n2)c1=O. The number of pyridine rings is 1. The third-order valence-electron chi connectivity index (χ3n) is 3.38. The van der Waals surface area contributed by atoms with Crippen molar-refractivity contribution in [2.45, 2.75) is 27.3 Å². The maximum atomic E-state index is 14.7. The van der Waals surface area contributed by atoms with Crippen molar-refractivity contribution in [3.05, 3.63) is 51.0 Å². The Labute approximate surface area is 157 Å². The van der Waals surface area contributed by atoms with Gasteiger partial charge in [0.1, 0.15) is 29.2 Å². The molecule has 0 saturated carbocycles. The first-order valence-electron chi connectivity index (χ1n) is 7.67. The van der Waals surface area contributed by atoms with E-state index in [4.69, 9.17) is 10.5 Å². The molecule has 0 aliphatic rings. The molecule has 0 spiro atoms. The lowest BCUT2D eigenvalue weighted by Gasteiger charge is -2.20. The van der Waals surface area contributed by atoms with Crippen molar-refractivity contribution < 1.29 is 13.9 Å². The van der Waals surface area contributed by atoms with E-state index in [1.165, 1.54) is 10.9 Å². The third-order valence-corrected chi connectivity index (χ3v) is 3.82. The van der Waals surface area contributed by atoms with Crippen LogP contribution < -0.4 is 11.4 Å². The number of allylic oxidation sites excluding steroid dienone is 1. The molecule has 1 amide bonds. The van der Waals surface area contributed by atoms with Crippen molar-refractivity contribution >= 4 is 22.0 Å². The number of amides is 1. The number of nitrogens with two attached hydrogens (primary N) is 1. The molecule has 2 aromatic rings. The van der Waals surface area contributed by atoms with Crippen molar-refractivity contribution in [3.63, 3.8) is 0 Å². The fourth-order valence-electron chi connectivity index (χ4n) is 2.18. The zero-order valence-electron chi connectivity index (χ0n) is 14.6. The summed E-state index contributed by atoms with van der Waals surface area (Å²) in [5.74, 6) is -0.133. The molecular formula is C16H19BrFN5O3. The number of primary amides is 1. The zero-order chi connectivity index (χ0) is 19.5. The predicted octanol–water partition coefficient (Wildman–Crippen LogP) is 2.56. The summed E-state index contributed by atoms with van der Waals surface area (Å²) >= 11 is 3.24. The van der Waals surface area contributed by atoms with Crippen LogP contribution in [0, 0.1) is 5.41 Å². The van der Waals surface area contributed by atoms with Gasteiger partial charge in [-0.1, -0.05) is 26.8 Å². The highest BCUT2D eigenvalue weighted by Crippen LogP contribution is 2.29. The monoisotopic (exact) mass is 427 g/mol. The van der Waals surface area contributed by atoms with Gasteiger partial charge in [0, 0.05) is 11.0 Å². The summed E-state index contributed by atoms with van der Waals surface area (Å²) < 4.78 is 22.3. The van der Waals surface area contributed by atoms with Gasteiger partial charge < -0.3 is 10.5 Å². The molecule has 2 heterocycles. The first-order chi connectivity index (χ1) is 12.1. The Hall–Kier alpha value is -2.49. The molecule has 0 radical (unpaired) electrons. The molecular weight excluding hydrogens is 409 g/mol. The first-order valence-corrected chi connectivity index (χ1v) is 8.46. The van der Waals surface area contributed by atoms with Crippen LogP contribution in [0.4, 0.5) is 9.18 Å². The Morgan fingerprint density at radius 1 is 1.38 bits per heavy atom. The standard InChI is InChI=1S/C16H19BrFN5O3/c1-16(2,3)13(18)10(8-26-14(19)24)7-23-15(25)22(9-20-23)12-6-4-5-11(17)21-12/h4-6,9H,7-8H2,1-3H3,(H2,19,24)/b13-10+. The Bertz CT molecular complexity index is 898. The molecule has 8 nitrogen and oxygen atoms in total. The highest BCUT2D eigenvalue weighted by atomic mass is 79.9. The topological polar surface area (TPSA) is 105 Å². The van der Waals surface area contributed by atoms with E-state index in [1.54, 1.807) is 39.0 Å². The van der Waals surface area contributed by atoms with Crippen molar-refractivity contribution in [2.24, 2.45) is 11.1 Å². The van der Waals surface area contributed by atoms with Gasteiger partial charge in [-0.25, -0.2) is 28.2 Å². The summed E-state index contributed by atoms with van der Waals surface area (Å²) in [5.41, 5.74) is 3.73. The second-order valence-electron chi connectivity index (χ2n) is 6.53. The van der Waals surface area contributed by atoms with Crippen LogP contribution in [-0.2, 0) is 11.3 Å². The quantitative estimate of drug-likeness (QED) is 0.737. The molecule has 26 heavy (non-hydrogen) atoms. The fourth-order valence-corrected chi connectivity index (χ4v) is 2.52. The molecule has 0 saturated heterocycles. The van der Waals surface area contributed by atoms with Gasteiger partial charge in [-0.15, -0.1) is 0 Å². The van der Waals surface area contributed by atoms with E-state index in [-0.39, 0.29) is 18.7 Å². The van der Waals surface area contributed by atoms with Gasteiger partial charge in [-0.2, -0.15) is 5.10 Å². The number of carbonyl (C=O) groups excluding carboxylic acids is 1. The maximum absolute atomic E-state index is 14.7. The summed E-state index contributed by atoms with van der Waals surface area (Å²) in [6.45, 7) is 4.45. The minimum atomic E-state index is -1.03. The molecule has 2 rings (SSSR count). The maximum Gasteiger partial charge on any atom is 0.404 e. The van der Waals surface area contributed by atoms with Crippen LogP contribution in [0.3, 0.4) is 0 Å². The van der Waals surface area contributed by atoms with Crippen molar-refractivity contribution in [3.8, 4) is 5.82 Å². The molecule has 0 aliphatic heterocycles. The van der Waals surface area contributed by atoms with Gasteiger partial charge in [-0.05, 0) is 28.1 Å². The van der Waals surface area contributed by atoms with Gasteiger partial charge >= 0.3 is 11.8 Å². The van der Waals surface area contributed by atoms with E-state index in [9.17, 15) is 14.0 Å². The Morgan fingerprint density at radius 3 is 2.65 bits per heavy atom. The third kappa shape index (κ3) is 4.78. The highest BCUT2D eigenvalue weighted by Gasteiger charge is 2.23. The number of ether oxygens (including phenoxy) is 1. The second-order valence-corrected chi connectivity index (χ2v) is 7.35. The lowest BCUT2D eigenvalue weighted by molar-refractivity contribution is 0.163. The smallest absolute Gasteiger partial charge is 0.404 e. The van der Waals surface area contributed by atoms with Crippen molar-refractivity contribution in [2.75, 3.05) is 6.61 Å². The lowest BCUT2D eigenvalue weighted by Crippen LogP contribution is -2.27. The lowest BCUT2D eigenvalue weighted by atomic mass is 9.92. The van der Waals surface area contributed by atoms with Gasteiger partial charge in [0.25, 0.3) is 0 Å².